The number of likely N-dealkylation sites (tertiary alicyclic amines) is 1. The van der Waals surface area contributed by atoms with Gasteiger partial charge in [-0.2, -0.15) is 0 Å². The van der Waals surface area contributed by atoms with E-state index in [-0.39, 0.29) is 11.5 Å². The number of halogens is 1. The molecule has 0 aromatic heterocycles. The molecule has 1 unspecified atom stereocenters. The van der Waals surface area contributed by atoms with Crippen molar-refractivity contribution in [3.8, 4) is 0 Å². The van der Waals surface area contributed by atoms with Gasteiger partial charge < -0.3 is 14.4 Å². The molecule has 0 saturated carbocycles. The van der Waals surface area contributed by atoms with Crippen LogP contribution in [-0.2, 0) is 9.47 Å². The SMILES string of the molecule is O=C(c1cccc(Cl)c1)N1CC2(CCC(CN3CCOCC3)CO2)C1. The first-order chi connectivity index (χ1) is 12.1. The first-order valence-electron chi connectivity index (χ1n) is 9.12. The quantitative estimate of drug-likeness (QED) is 0.825. The Kier molecular flexibility index (Phi) is 5.00. The van der Waals surface area contributed by atoms with E-state index in [1.807, 2.05) is 17.0 Å². The Morgan fingerprint density at radius 2 is 2.08 bits per heavy atom. The van der Waals surface area contributed by atoms with Gasteiger partial charge in [0.15, 0.2) is 0 Å². The van der Waals surface area contributed by atoms with E-state index in [1.54, 1.807) is 12.1 Å². The number of rotatable bonds is 3. The molecule has 1 spiro atoms. The standard InChI is InChI=1S/C19H25ClN2O3/c20-17-3-1-2-16(10-17)18(23)22-13-19(14-22)5-4-15(12-25-19)11-21-6-8-24-9-7-21/h1-3,10,15H,4-9,11-14H2. The largest absolute Gasteiger partial charge is 0.379 e. The van der Waals surface area contributed by atoms with Crippen molar-refractivity contribution < 1.29 is 14.3 Å². The van der Waals surface area contributed by atoms with E-state index in [0.717, 1.165) is 45.9 Å². The fourth-order valence-corrected chi connectivity index (χ4v) is 4.25. The van der Waals surface area contributed by atoms with E-state index in [2.05, 4.69) is 4.90 Å². The number of amides is 1. The molecule has 1 aromatic rings. The Morgan fingerprint density at radius 3 is 2.76 bits per heavy atom. The van der Waals surface area contributed by atoms with Crippen molar-refractivity contribution in [1.29, 1.82) is 0 Å². The number of benzene rings is 1. The highest BCUT2D eigenvalue weighted by Gasteiger charge is 2.48. The van der Waals surface area contributed by atoms with Crippen LogP contribution in [0.4, 0.5) is 0 Å². The average molecular weight is 365 g/mol. The van der Waals surface area contributed by atoms with Crippen LogP contribution in [0.5, 0.6) is 0 Å². The van der Waals surface area contributed by atoms with Crippen LogP contribution in [0, 0.1) is 5.92 Å². The summed E-state index contributed by atoms with van der Waals surface area (Å²) in [6.07, 6.45) is 2.22. The molecule has 0 N–H and O–H groups in total. The third kappa shape index (κ3) is 3.85. The van der Waals surface area contributed by atoms with E-state index in [4.69, 9.17) is 21.1 Å². The third-order valence-electron chi connectivity index (χ3n) is 5.57. The van der Waals surface area contributed by atoms with Gasteiger partial charge in [-0.15, -0.1) is 0 Å². The second-order valence-electron chi connectivity index (χ2n) is 7.48. The van der Waals surface area contributed by atoms with Gasteiger partial charge in [-0.05, 0) is 37.0 Å². The zero-order valence-electron chi connectivity index (χ0n) is 14.5. The predicted molar refractivity (Wildman–Crippen MR) is 96.0 cm³/mol. The first-order valence-corrected chi connectivity index (χ1v) is 9.50. The van der Waals surface area contributed by atoms with Crippen molar-refractivity contribution in [3.63, 3.8) is 0 Å². The van der Waals surface area contributed by atoms with Crippen molar-refractivity contribution >= 4 is 17.5 Å². The molecule has 136 valence electrons. The van der Waals surface area contributed by atoms with E-state index in [9.17, 15) is 4.79 Å². The smallest absolute Gasteiger partial charge is 0.254 e. The maximum absolute atomic E-state index is 12.5. The summed E-state index contributed by atoms with van der Waals surface area (Å²) < 4.78 is 11.6. The monoisotopic (exact) mass is 364 g/mol. The molecule has 0 aliphatic carbocycles. The van der Waals surface area contributed by atoms with Gasteiger partial charge in [0.05, 0.1) is 32.9 Å². The molecule has 3 fully saturated rings. The van der Waals surface area contributed by atoms with E-state index >= 15 is 0 Å². The van der Waals surface area contributed by atoms with Gasteiger partial charge in [-0.25, -0.2) is 0 Å². The first kappa shape index (κ1) is 17.3. The molecule has 3 aliphatic rings. The Labute approximate surface area is 153 Å². The van der Waals surface area contributed by atoms with Crippen LogP contribution >= 0.6 is 11.6 Å². The van der Waals surface area contributed by atoms with Gasteiger partial charge in [0.1, 0.15) is 5.60 Å². The highest BCUT2D eigenvalue weighted by molar-refractivity contribution is 6.30. The summed E-state index contributed by atoms with van der Waals surface area (Å²) >= 11 is 5.99. The van der Waals surface area contributed by atoms with Gasteiger partial charge in [0.25, 0.3) is 5.91 Å². The van der Waals surface area contributed by atoms with Crippen molar-refractivity contribution in [2.24, 2.45) is 5.92 Å². The molecule has 6 heteroatoms. The minimum atomic E-state index is -0.115. The summed E-state index contributed by atoms with van der Waals surface area (Å²) in [6, 6.07) is 7.15. The number of hydrogen-bond donors (Lipinski definition) is 0. The van der Waals surface area contributed by atoms with Crippen LogP contribution in [0.25, 0.3) is 0 Å². The maximum atomic E-state index is 12.5. The minimum Gasteiger partial charge on any atom is -0.379 e. The van der Waals surface area contributed by atoms with Crippen LogP contribution in [0.1, 0.15) is 23.2 Å². The van der Waals surface area contributed by atoms with Gasteiger partial charge in [-0.3, -0.25) is 9.69 Å². The molecule has 25 heavy (non-hydrogen) atoms. The molecular weight excluding hydrogens is 340 g/mol. The fraction of sp³-hybridized carbons (Fsp3) is 0.632. The van der Waals surface area contributed by atoms with E-state index in [1.165, 1.54) is 6.42 Å². The molecule has 3 saturated heterocycles. The second-order valence-corrected chi connectivity index (χ2v) is 7.92. The van der Waals surface area contributed by atoms with Crippen LogP contribution in [-0.4, -0.2) is 73.9 Å². The van der Waals surface area contributed by atoms with Crippen LogP contribution < -0.4 is 0 Å². The van der Waals surface area contributed by atoms with Gasteiger partial charge in [-0.1, -0.05) is 17.7 Å². The molecule has 1 atom stereocenters. The Morgan fingerprint density at radius 1 is 1.28 bits per heavy atom. The van der Waals surface area contributed by atoms with Crippen molar-refractivity contribution in [3.05, 3.63) is 34.9 Å². The Balaban J connectivity index is 1.25. The van der Waals surface area contributed by atoms with Crippen molar-refractivity contribution in [1.82, 2.24) is 9.80 Å². The summed E-state index contributed by atoms with van der Waals surface area (Å²) in [4.78, 5) is 16.9. The summed E-state index contributed by atoms with van der Waals surface area (Å²) in [6.45, 7) is 7.05. The minimum absolute atomic E-state index is 0.0483. The van der Waals surface area contributed by atoms with Gasteiger partial charge >= 0.3 is 0 Å². The molecule has 4 rings (SSSR count). The lowest BCUT2D eigenvalue weighted by atomic mass is 9.82. The van der Waals surface area contributed by atoms with Crippen molar-refractivity contribution in [2.45, 2.75) is 18.4 Å². The molecule has 5 nitrogen and oxygen atoms in total. The summed E-state index contributed by atoms with van der Waals surface area (Å²) in [7, 11) is 0. The number of carbonyl (C=O) groups excluding carboxylic acids is 1. The summed E-state index contributed by atoms with van der Waals surface area (Å²) in [5.41, 5.74) is 0.541. The number of hydrogen-bond acceptors (Lipinski definition) is 4. The normalized spacial score (nSPS) is 26.4. The Bertz CT molecular complexity index is 617. The third-order valence-corrected chi connectivity index (χ3v) is 5.81. The van der Waals surface area contributed by atoms with Crippen LogP contribution in [0.2, 0.25) is 5.02 Å². The van der Waals surface area contributed by atoms with Crippen LogP contribution in [0.3, 0.4) is 0 Å². The Hall–Kier alpha value is -1.14. The molecular formula is C19H25ClN2O3. The average Bonchev–Trinajstić information content (AvgIpc) is 2.61. The molecule has 0 bridgehead atoms. The fourth-order valence-electron chi connectivity index (χ4n) is 4.06. The number of ether oxygens (including phenoxy) is 2. The number of morpholine rings is 1. The number of nitrogens with zero attached hydrogens (tertiary/aromatic N) is 2. The topological polar surface area (TPSA) is 42.0 Å². The zero-order chi connectivity index (χ0) is 17.3. The molecule has 1 amide bonds. The molecule has 3 aliphatic heterocycles. The second kappa shape index (κ2) is 7.23. The lowest BCUT2D eigenvalue weighted by Crippen LogP contribution is -2.66. The molecule has 1 aromatic carbocycles. The number of carbonyl (C=O) groups is 1. The summed E-state index contributed by atoms with van der Waals surface area (Å²) in [5, 5.41) is 0.598. The maximum Gasteiger partial charge on any atom is 0.254 e. The van der Waals surface area contributed by atoms with Crippen LogP contribution in [0.15, 0.2) is 24.3 Å². The lowest BCUT2D eigenvalue weighted by molar-refractivity contribution is -0.169. The van der Waals surface area contributed by atoms with E-state index < -0.39 is 0 Å². The predicted octanol–water partition coefficient (Wildman–Crippen LogP) is 2.29. The lowest BCUT2D eigenvalue weighted by Gasteiger charge is -2.53. The van der Waals surface area contributed by atoms with Crippen molar-refractivity contribution in [2.75, 3.05) is 52.5 Å². The van der Waals surface area contributed by atoms with E-state index in [0.29, 0.717) is 29.6 Å². The van der Waals surface area contributed by atoms with Gasteiger partial charge in [0.2, 0.25) is 0 Å². The highest BCUT2D eigenvalue weighted by Crippen LogP contribution is 2.37. The highest BCUT2D eigenvalue weighted by atomic mass is 35.5. The molecule has 0 radical (unpaired) electrons. The molecule has 3 heterocycles. The van der Waals surface area contributed by atoms with Gasteiger partial charge in [0, 0.05) is 30.2 Å². The summed E-state index contributed by atoms with van der Waals surface area (Å²) in [5.74, 6) is 0.647. The zero-order valence-corrected chi connectivity index (χ0v) is 15.2.